The van der Waals surface area contributed by atoms with Crippen molar-refractivity contribution in [2.75, 3.05) is 19.6 Å². The van der Waals surface area contributed by atoms with E-state index in [0.717, 1.165) is 4.88 Å². The van der Waals surface area contributed by atoms with E-state index in [0.29, 0.717) is 4.88 Å². The number of aryl methyl sites for hydroxylation is 1. The van der Waals surface area contributed by atoms with Crippen LogP contribution in [0.5, 0.6) is 0 Å². The summed E-state index contributed by atoms with van der Waals surface area (Å²) in [5, 5.41) is 11.2. The van der Waals surface area contributed by atoms with Gasteiger partial charge in [0.05, 0.1) is 17.3 Å². The maximum atomic E-state index is 11.7. The first-order valence-electron chi connectivity index (χ1n) is 5.82. The van der Waals surface area contributed by atoms with Gasteiger partial charge < -0.3 is 15.3 Å². The second-order valence-electron chi connectivity index (χ2n) is 4.43. The zero-order chi connectivity index (χ0) is 14.0. The van der Waals surface area contributed by atoms with Crippen molar-refractivity contribution in [1.29, 1.82) is 0 Å². The number of carbonyl (C=O) groups excluding carboxylic acids is 2. The van der Waals surface area contributed by atoms with Crippen molar-refractivity contribution in [2.45, 2.75) is 6.92 Å². The average molecular weight is 282 g/mol. The third-order valence-electron chi connectivity index (χ3n) is 2.95. The van der Waals surface area contributed by atoms with Gasteiger partial charge in [-0.1, -0.05) is 0 Å². The van der Waals surface area contributed by atoms with E-state index in [4.69, 9.17) is 5.11 Å². The summed E-state index contributed by atoms with van der Waals surface area (Å²) in [6.45, 7) is 2.26. The van der Waals surface area contributed by atoms with E-state index in [1.807, 2.05) is 13.0 Å². The van der Waals surface area contributed by atoms with Gasteiger partial charge in [0.15, 0.2) is 0 Å². The van der Waals surface area contributed by atoms with Crippen LogP contribution >= 0.6 is 11.3 Å². The molecule has 2 N–H and O–H groups in total. The molecule has 0 unspecified atom stereocenters. The minimum Gasteiger partial charge on any atom is -0.481 e. The Morgan fingerprint density at radius 1 is 1.42 bits per heavy atom. The fourth-order valence-corrected chi connectivity index (χ4v) is 2.53. The number of thiophene rings is 1. The number of nitrogens with one attached hydrogen (secondary N) is 1. The lowest BCUT2D eigenvalue weighted by Gasteiger charge is -2.36. The van der Waals surface area contributed by atoms with Crippen LogP contribution in [0, 0.1) is 12.8 Å². The number of nitrogens with zero attached hydrogens (tertiary/aromatic N) is 1. The van der Waals surface area contributed by atoms with Gasteiger partial charge in [0, 0.05) is 18.0 Å². The van der Waals surface area contributed by atoms with E-state index in [1.54, 1.807) is 6.07 Å². The predicted molar refractivity (Wildman–Crippen MR) is 69.1 cm³/mol. The molecule has 6 nitrogen and oxygen atoms in total. The number of carbonyl (C=O) groups is 3. The average Bonchev–Trinajstić information content (AvgIpc) is 2.70. The maximum absolute atomic E-state index is 11.7. The number of likely N-dealkylation sites (tertiary alicyclic amines) is 1. The predicted octanol–water partition coefficient (Wildman–Crippen LogP) is 0.329. The molecule has 7 heteroatoms. The highest BCUT2D eigenvalue weighted by Crippen LogP contribution is 2.16. The number of hydrogen-bond acceptors (Lipinski definition) is 4. The minimum absolute atomic E-state index is 0.0951. The van der Waals surface area contributed by atoms with Gasteiger partial charge in [-0.3, -0.25) is 14.4 Å². The summed E-state index contributed by atoms with van der Waals surface area (Å²) < 4.78 is 0. The minimum atomic E-state index is -0.887. The van der Waals surface area contributed by atoms with E-state index in [9.17, 15) is 14.4 Å². The van der Waals surface area contributed by atoms with Gasteiger partial charge in [0.1, 0.15) is 0 Å². The molecule has 0 aromatic carbocycles. The number of amides is 2. The first-order chi connectivity index (χ1) is 8.97. The van der Waals surface area contributed by atoms with Crippen LogP contribution in [0.1, 0.15) is 14.5 Å². The summed E-state index contributed by atoms with van der Waals surface area (Å²) in [5.41, 5.74) is 0. The molecule has 1 aliphatic heterocycles. The van der Waals surface area contributed by atoms with Gasteiger partial charge >= 0.3 is 5.97 Å². The molecule has 0 atom stereocenters. The molecule has 0 spiro atoms. The van der Waals surface area contributed by atoms with Gasteiger partial charge in [-0.2, -0.15) is 0 Å². The summed E-state index contributed by atoms with van der Waals surface area (Å²) in [7, 11) is 0. The van der Waals surface area contributed by atoms with Gasteiger partial charge in [-0.05, 0) is 19.1 Å². The van der Waals surface area contributed by atoms with Crippen molar-refractivity contribution in [2.24, 2.45) is 5.92 Å². The monoisotopic (exact) mass is 282 g/mol. The third kappa shape index (κ3) is 3.11. The molecule has 19 heavy (non-hydrogen) atoms. The Balaban J connectivity index is 1.76. The first-order valence-corrected chi connectivity index (χ1v) is 6.64. The quantitative estimate of drug-likeness (QED) is 0.833. The zero-order valence-corrected chi connectivity index (χ0v) is 11.2. The van der Waals surface area contributed by atoms with E-state index in [-0.39, 0.29) is 31.4 Å². The molecule has 0 bridgehead atoms. The molecule has 2 amide bonds. The summed E-state index contributed by atoms with van der Waals surface area (Å²) in [5.74, 6) is -1.89. The Morgan fingerprint density at radius 3 is 2.63 bits per heavy atom. The largest absolute Gasteiger partial charge is 0.481 e. The van der Waals surface area contributed by atoms with Crippen LogP contribution < -0.4 is 5.32 Å². The second kappa shape index (κ2) is 5.40. The van der Waals surface area contributed by atoms with Crippen LogP contribution in [0.2, 0.25) is 0 Å². The molecule has 0 radical (unpaired) electrons. The van der Waals surface area contributed by atoms with Crippen molar-refractivity contribution in [3.63, 3.8) is 0 Å². The van der Waals surface area contributed by atoms with Gasteiger partial charge in [-0.15, -0.1) is 11.3 Å². The molecule has 0 aliphatic carbocycles. The molecule has 2 heterocycles. The van der Waals surface area contributed by atoms with Gasteiger partial charge in [0.25, 0.3) is 5.91 Å². The fourth-order valence-electron chi connectivity index (χ4n) is 1.75. The topological polar surface area (TPSA) is 86.7 Å². The Kier molecular flexibility index (Phi) is 3.84. The summed E-state index contributed by atoms with van der Waals surface area (Å²) in [4.78, 5) is 37.0. The summed E-state index contributed by atoms with van der Waals surface area (Å²) >= 11 is 1.37. The van der Waals surface area contributed by atoms with Crippen LogP contribution in [0.3, 0.4) is 0 Å². The molecule has 2 rings (SSSR count). The summed E-state index contributed by atoms with van der Waals surface area (Å²) in [6, 6.07) is 3.55. The Labute approximate surface area is 114 Å². The van der Waals surface area contributed by atoms with Crippen molar-refractivity contribution < 1.29 is 19.5 Å². The van der Waals surface area contributed by atoms with Crippen LogP contribution in [0.25, 0.3) is 0 Å². The highest BCUT2D eigenvalue weighted by Gasteiger charge is 2.35. The molecule has 102 valence electrons. The van der Waals surface area contributed by atoms with E-state index in [2.05, 4.69) is 5.32 Å². The Hall–Kier alpha value is -1.89. The molecular formula is C12H14N2O4S. The van der Waals surface area contributed by atoms with E-state index < -0.39 is 11.9 Å². The van der Waals surface area contributed by atoms with Crippen LogP contribution in [-0.2, 0) is 9.59 Å². The van der Waals surface area contributed by atoms with Gasteiger partial charge in [0.2, 0.25) is 5.91 Å². The number of carboxylic acids is 1. The molecule has 1 aliphatic rings. The van der Waals surface area contributed by atoms with Crippen molar-refractivity contribution in [3.05, 3.63) is 21.9 Å². The first kappa shape index (κ1) is 13.5. The molecule has 1 aromatic rings. The molecule has 1 saturated heterocycles. The second-order valence-corrected chi connectivity index (χ2v) is 5.71. The Morgan fingerprint density at radius 2 is 2.11 bits per heavy atom. The van der Waals surface area contributed by atoms with Crippen LogP contribution in [0.4, 0.5) is 0 Å². The van der Waals surface area contributed by atoms with Gasteiger partial charge in [-0.25, -0.2) is 0 Å². The summed E-state index contributed by atoms with van der Waals surface area (Å²) in [6.07, 6.45) is 0. The third-order valence-corrected chi connectivity index (χ3v) is 3.95. The molecule has 0 saturated carbocycles. The molecule has 1 fully saturated rings. The number of aliphatic carboxylic acids is 1. The van der Waals surface area contributed by atoms with Crippen molar-refractivity contribution in [1.82, 2.24) is 10.2 Å². The van der Waals surface area contributed by atoms with Crippen LogP contribution in [0.15, 0.2) is 12.1 Å². The lowest BCUT2D eigenvalue weighted by Crippen LogP contribution is -2.55. The lowest BCUT2D eigenvalue weighted by molar-refractivity contribution is -0.152. The highest BCUT2D eigenvalue weighted by molar-refractivity contribution is 7.13. The Bertz CT molecular complexity index is 520. The number of hydrogen-bond donors (Lipinski definition) is 2. The fraction of sp³-hybridized carbons (Fsp3) is 0.417. The maximum Gasteiger partial charge on any atom is 0.310 e. The molecular weight excluding hydrogens is 268 g/mol. The van der Waals surface area contributed by atoms with Crippen molar-refractivity contribution in [3.8, 4) is 0 Å². The SMILES string of the molecule is Cc1ccc(C(=O)NCC(=O)N2CC(C(=O)O)C2)s1. The molecule has 1 aromatic heterocycles. The lowest BCUT2D eigenvalue weighted by atomic mass is 10.0. The normalized spacial score (nSPS) is 14.9. The van der Waals surface area contributed by atoms with E-state index >= 15 is 0 Å². The van der Waals surface area contributed by atoms with E-state index in [1.165, 1.54) is 16.2 Å². The number of carboxylic acid groups (broad SMARTS) is 1. The standard InChI is InChI=1S/C12H14N2O4S/c1-7-2-3-9(19-7)11(16)13-4-10(15)14-5-8(6-14)12(17)18/h2-3,8H,4-6H2,1H3,(H,13,16)(H,17,18). The van der Waals surface area contributed by atoms with Crippen molar-refractivity contribution >= 4 is 29.1 Å². The smallest absolute Gasteiger partial charge is 0.310 e. The zero-order valence-electron chi connectivity index (χ0n) is 10.4. The highest BCUT2D eigenvalue weighted by atomic mass is 32.1. The van der Waals surface area contributed by atoms with Crippen LogP contribution in [-0.4, -0.2) is 47.4 Å². The number of rotatable bonds is 4.